The molecule has 1 atom stereocenters. The second kappa shape index (κ2) is 11.9. The molecule has 3 rings (SSSR count). The van der Waals surface area contributed by atoms with Gasteiger partial charge in [0.1, 0.15) is 12.6 Å². The molecule has 2 amide bonds. The zero-order chi connectivity index (χ0) is 26.3. The topological polar surface area (TPSA) is 86.8 Å². The Kier molecular flexibility index (Phi) is 8.88. The fourth-order valence-corrected chi connectivity index (χ4v) is 5.34. The van der Waals surface area contributed by atoms with Crippen molar-refractivity contribution in [3.63, 3.8) is 0 Å². The normalized spacial score (nSPS) is 12.0. The van der Waals surface area contributed by atoms with Gasteiger partial charge in [0, 0.05) is 13.6 Å². The van der Waals surface area contributed by atoms with E-state index in [1.807, 2.05) is 50.2 Å². The van der Waals surface area contributed by atoms with E-state index in [1.165, 1.54) is 24.1 Å². The molecule has 8 heteroatoms. The van der Waals surface area contributed by atoms with E-state index >= 15 is 0 Å². The van der Waals surface area contributed by atoms with Gasteiger partial charge in [-0.05, 0) is 68.1 Å². The third-order valence-corrected chi connectivity index (χ3v) is 8.07. The molecule has 0 unspecified atom stereocenters. The van der Waals surface area contributed by atoms with E-state index in [1.54, 1.807) is 37.3 Å². The SMILES string of the molecule is CNC(=O)[C@H](C)N(CCc1ccccc1)C(=O)CN(c1ccc(C)c(C)c1)S(=O)(=O)c1ccccc1. The summed E-state index contributed by atoms with van der Waals surface area (Å²) in [5, 5.41) is 2.59. The Morgan fingerprint density at radius 1 is 0.889 bits per heavy atom. The summed E-state index contributed by atoms with van der Waals surface area (Å²) in [6, 6.07) is 22.2. The van der Waals surface area contributed by atoms with E-state index in [2.05, 4.69) is 5.32 Å². The number of carbonyl (C=O) groups is 2. The number of likely N-dealkylation sites (N-methyl/N-ethyl adjacent to an activating group) is 1. The first-order valence-corrected chi connectivity index (χ1v) is 13.3. The number of benzene rings is 3. The lowest BCUT2D eigenvalue weighted by molar-refractivity contribution is -0.138. The summed E-state index contributed by atoms with van der Waals surface area (Å²) in [6.45, 7) is 5.32. The van der Waals surface area contributed by atoms with Crippen LogP contribution in [0, 0.1) is 13.8 Å². The van der Waals surface area contributed by atoms with Crippen LogP contribution in [0.15, 0.2) is 83.8 Å². The molecule has 7 nitrogen and oxygen atoms in total. The maximum Gasteiger partial charge on any atom is 0.264 e. The number of hydrogen-bond acceptors (Lipinski definition) is 4. The van der Waals surface area contributed by atoms with E-state index in [4.69, 9.17) is 0 Å². The van der Waals surface area contributed by atoms with Crippen LogP contribution in [-0.2, 0) is 26.0 Å². The van der Waals surface area contributed by atoms with Gasteiger partial charge in [-0.15, -0.1) is 0 Å². The maximum atomic E-state index is 13.7. The molecule has 0 aromatic heterocycles. The Balaban J connectivity index is 1.98. The number of sulfonamides is 1. The van der Waals surface area contributed by atoms with Crippen molar-refractivity contribution in [2.45, 2.75) is 38.1 Å². The highest BCUT2D eigenvalue weighted by Gasteiger charge is 2.32. The summed E-state index contributed by atoms with van der Waals surface area (Å²) < 4.78 is 28.5. The van der Waals surface area contributed by atoms with Crippen LogP contribution in [0.4, 0.5) is 5.69 Å². The highest BCUT2D eigenvalue weighted by Crippen LogP contribution is 2.26. The standard InChI is InChI=1S/C28H33N3O4S/c1-21-15-16-25(19-22(21)2)31(36(34,35)26-13-9-6-10-14-26)20-27(32)30(23(3)28(33)29-4)18-17-24-11-7-5-8-12-24/h5-16,19,23H,17-18,20H2,1-4H3,(H,29,33)/t23-/m0/s1. The van der Waals surface area contributed by atoms with E-state index in [0.717, 1.165) is 21.0 Å². The maximum absolute atomic E-state index is 13.7. The molecular weight excluding hydrogens is 474 g/mol. The smallest absolute Gasteiger partial charge is 0.264 e. The summed E-state index contributed by atoms with van der Waals surface area (Å²) in [6.07, 6.45) is 0.531. The molecule has 0 saturated heterocycles. The third kappa shape index (κ3) is 6.31. The Morgan fingerprint density at radius 2 is 1.50 bits per heavy atom. The van der Waals surface area contributed by atoms with Crippen LogP contribution in [0.25, 0.3) is 0 Å². The van der Waals surface area contributed by atoms with Crippen LogP contribution >= 0.6 is 0 Å². The van der Waals surface area contributed by atoms with Crippen molar-refractivity contribution in [2.75, 3.05) is 24.4 Å². The third-order valence-electron chi connectivity index (χ3n) is 6.29. The largest absolute Gasteiger partial charge is 0.357 e. The number of aryl methyl sites for hydroxylation is 2. The minimum Gasteiger partial charge on any atom is -0.357 e. The molecule has 0 heterocycles. The average molecular weight is 508 g/mol. The van der Waals surface area contributed by atoms with Crippen LogP contribution in [0.2, 0.25) is 0 Å². The van der Waals surface area contributed by atoms with Crippen LogP contribution in [0.5, 0.6) is 0 Å². The molecular formula is C28H33N3O4S. The monoisotopic (exact) mass is 507 g/mol. The average Bonchev–Trinajstić information content (AvgIpc) is 2.89. The van der Waals surface area contributed by atoms with Gasteiger partial charge in [0.15, 0.2) is 0 Å². The first-order chi connectivity index (χ1) is 17.1. The lowest BCUT2D eigenvalue weighted by atomic mass is 10.1. The minimum atomic E-state index is -4.05. The molecule has 3 aromatic rings. The van der Waals surface area contributed by atoms with Crippen molar-refractivity contribution in [1.29, 1.82) is 0 Å². The van der Waals surface area contributed by atoms with Gasteiger partial charge >= 0.3 is 0 Å². The predicted octanol–water partition coefficient (Wildman–Crippen LogP) is 3.70. The molecule has 36 heavy (non-hydrogen) atoms. The van der Waals surface area contributed by atoms with Gasteiger partial charge in [0.2, 0.25) is 11.8 Å². The second-order valence-corrected chi connectivity index (χ2v) is 10.6. The van der Waals surface area contributed by atoms with Crippen molar-refractivity contribution >= 4 is 27.5 Å². The van der Waals surface area contributed by atoms with Crippen LogP contribution in [0.1, 0.15) is 23.6 Å². The van der Waals surface area contributed by atoms with Crippen LogP contribution < -0.4 is 9.62 Å². The number of anilines is 1. The molecule has 0 fully saturated rings. The van der Waals surface area contributed by atoms with Gasteiger partial charge in [-0.3, -0.25) is 13.9 Å². The van der Waals surface area contributed by atoms with Gasteiger partial charge in [-0.25, -0.2) is 8.42 Å². The number of hydrogen-bond donors (Lipinski definition) is 1. The first-order valence-electron chi connectivity index (χ1n) is 11.8. The lowest BCUT2D eigenvalue weighted by Crippen LogP contribution is -2.51. The zero-order valence-corrected chi connectivity index (χ0v) is 22.0. The fourth-order valence-electron chi connectivity index (χ4n) is 3.91. The van der Waals surface area contributed by atoms with E-state index < -0.39 is 28.5 Å². The minimum absolute atomic E-state index is 0.0891. The Morgan fingerprint density at radius 3 is 2.08 bits per heavy atom. The van der Waals surface area contributed by atoms with E-state index in [9.17, 15) is 18.0 Å². The number of carbonyl (C=O) groups excluding carboxylic acids is 2. The molecule has 0 spiro atoms. The molecule has 3 aromatic carbocycles. The van der Waals surface area contributed by atoms with Gasteiger partial charge < -0.3 is 10.2 Å². The van der Waals surface area contributed by atoms with Crippen LogP contribution in [-0.4, -0.2) is 51.3 Å². The van der Waals surface area contributed by atoms with Crippen molar-refractivity contribution in [1.82, 2.24) is 10.2 Å². The van der Waals surface area contributed by atoms with Crippen LogP contribution in [0.3, 0.4) is 0 Å². The molecule has 0 aliphatic heterocycles. The molecule has 0 aliphatic carbocycles. The Bertz CT molecular complexity index is 1290. The summed E-state index contributed by atoms with van der Waals surface area (Å²) in [5.41, 5.74) is 3.33. The summed E-state index contributed by atoms with van der Waals surface area (Å²) in [7, 11) is -2.53. The lowest BCUT2D eigenvalue weighted by Gasteiger charge is -2.32. The second-order valence-electron chi connectivity index (χ2n) is 8.71. The Labute approximate surface area is 213 Å². The van der Waals surface area contributed by atoms with Gasteiger partial charge in [-0.2, -0.15) is 0 Å². The van der Waals surface area contributed by atoms with Crippen molar-refractivity contribution in [2.24, 2.45) is 0 Å². The molecule has 1 N–H and O–H groups in total. The Hall–Kier alpha value is -3.65. The molecule has 0 saturated carbocycles. The molecule has 190 valence electrons. The number of nitrogens with one attached hydrogen (secondary N) is 1. The highest BCUT2D eigenvalue weighted by molar-refractivity contribution is 7.92. The van der Waals surface area contributed by atoms with Gasteiger partial charge in [0.25, 0.3) is 10.0 Å². The number of nitrogens with zero attached hydrogens (tertiary/aromatic N) is 2. The molecule has 0 radical (unpaired) electrons. The van der Waals surface area contributed by atoms with Crippen molar-refractivity contribution in [3.8, 4) is 0 Å². The zero-order valence-electron chi connectivity index (χ0n) is 21.1. The first kappa shape index (κ1) is 26.9. The van der Waals surface area contributed by atoms with Crippen molar-refractivity contribution in [3.05, 3.63) is 95.6 Å². The summed E-state index contributed by atoms with van der Waals surface area (Å²) in [4.78, 5) is 27.7. The number of rotatable bonds is 10. The summed E-state index contributed by atoms with van der Waals surface area (Å²) >= 11 is 0. The van der Waals surface area contributed by atoms with Gasteiger partial charge in [0.05, 0.1) is 10.6 Å². The van der Waals surface area contributed by atoms with Crippen molar-refractivity contribution < 1.29 is 18.0 Å². The van der Waals surface area contributed by atoms with E-state index in [0.29, 0.717) is 12.1 Å². The highest BCUT2D eigenvalue weighted by atomic mass is 32.2. The fraction of sp³-hybridized carbons (Fsp3) is 0.286. The quantitative estimate of drug-likeness (QED) is 0.453. The van der Waals surface area contributed by atoms with E-state index in [-0.39, 0.29) is 17.3 Å². The predicted molar refractivity (Wildman–Crippen MR) is 142 cm³/mol. The summed E-state index contributed by atoms with van der Waals surface area (Å²) in [5.74, 6) is -0.778. The molecule has 0 aliphatic rings. The number of amides is 2. The van der Waals surface area contributed by atoms with Gasteiger partial charge in [-0.1, -0.05) is 54.6 Å². The molecule has 0 bridgehead atoms.